The number of hydrogen-bond donors (Lipinski definition) is 0. The van der Waals surface area contributed by atoms with Gasteiger partial charge in [0.25, 0.3) is 0 Å². The Balaban J connectivity index is 2.06. The first kappa shape index (κ1) is 39.2. The second kappa shape index (κ2) is 18.6. The van der Waals surface area contributed by atoms with Crippen molar-refractivity contribution in [2.45, 2.75) is 139 Å². The summed E-state index contributed by atoms with van der Waals surface area (Å²) < 4.78 is 7.26. The summed E-state index contributed by atoms with van der Waals surface area (Å²) in [6.45, 7) is 21.4. The van der Waals surface area contributed by atoms with Crippen LogP contribution in [0.2, 0.25) is 48.2 Å². The molecule has 0 N–H and O–H groups in total. The van der Waals surface area contributed by atoms with Gasteiger partial charge in [-0.05, 0) is 0 Å². The van der Waals surface area contributed by atoms with Gasteiger partial charge in [-0.2, -0.15) is 0 Å². The molecule has 0 aromatic heterocycles. The molecule has 0 bridgehead atoms. The normalized spacial score (nSPS) is 15.0. The van der Waals surface area contributed by atoms with E-state index in [1.54, 1.807) is 11.0 Å². The van der Waals surface area contributed by atoms with E-state index in [2.05, 4.69) is 151 Å². The maximum atomic E-state index is 2.74. The van der Waals surface area contributed by atoms with E-state index in [-0.39, 0.29) is 6.71 Å². The quantitative estimate of drug-likeness (QED) is 0.0791. The molecule has 1 aliphatic heterocycles. The third kappa shape index (κ3) is 9.81. The van der Waals surface area contributed by atoms with Crippen LogP contribution >= 0.6 is 0 Å². The number of rotatable bonds is 20. The minimum atomic E-state index is -3.19. The van der Waals surface area contributed by atoms with Gasteiger partial charge < -0.3 is 0 Å². The predicted octanol–water partition coefficient (Wildman–Crippen LogP) is 12.6. The summed E-state index contributed by atoms with van der Waals surface area (Å²) in [5.74, 6) is 0. The second-order valence-electron chi connectivity index (χ2n) is 16.8. The molecule has 0 fully saturated rings. The van der Waals surface area contributed by atoms with Crippen LogP contribution in [-0.2, 0) is 0 Å². The molecule has 4 heteroatoms. The van der Waals surface area contributed by atoms with Gasteiger partial charge in [0.2, 0.25) is 0 Å². The molecule has 0 saturated heterocycles. The Morgan fingerprint density at radius 3 is 1.23 bits per heavy atom. The van der Waals surface area contributed by atoms with Gasteiger partial charge in [0, 0.05) is 0 Å². The fourth-order valence-electron chi connectivity index (χ4n) is 9.15. The first-order chi connectivity index (χ1) is 23.1. The zero-order valence-electron chi connectivity index (χ0n) is 32.1. The van der Waals surface area contributed by atoms with E-state index in [9.17, 15) is 0 Å². The van der Waals surface area contributed by atoms with Crippen molar-refractivity contribution in [2.75, 3.05) is 0 Å². The van der Waals surface area contributed by atoms with Crippen LogP contribution in [0.5, 0.6) is 0 Å². The van der Waals surface area contributed by atoms with Gasteiger partial charge >= 0.3 is 305 Å². The van der Waals surface area contributed by atoms with E-state index in [4.69, 9.17) is 0 Å². The molecule has 0 aliphatic carbocycles. The Morgan fingerprint density at radius 2 is 0.833 bits per heavy atom. The van der Waals surface area contributed by atoms with Crippen LogP contribution in [-0.4, -0.2) is 41.2 Å². The van der Waals surface area contributed by atoms with Crippen LogP contribution in [0, 0.1) is 0 Å². The van der Waals surface area contributed by atoms with E-state index in [1.807, 2.05) is 0 Å². The standard InChI is InChI=1S/C28H33BSi2.2C8H17.Sn/c1-30(2,3)22-27(24-16-10-7-11-17-24)28(23-31(4,5)6)29(25-18-12-8-13-19-25)26-20-14-9-15-21-26;2*1-3-5-7-8-6-4-2;/h7-21H,1-6H3;2*1,3-8H2,2H3;. The molecule has 4 rings (SSSR count). The SMILES string of the molecule is CCCCCCC[CH2][Sn]1([CH2]CCCCCCC)[C]([Si](C)(C)C)=C(B(c2ccccc2)c2ccccc2)C(c2ccccc2)=[C]1[Si](C)(C)C. The maximum absolute atomic E-state index is 3.19. The second-order valence-corrected chi connectivity index (χ2v) is 41.5. The minimum absolute atomic E-state index is 0.281. The van der Waals surface area contributed by atoms with Crippen LogP contribution in [0.25, 0.3) is 5.57 Å². The van der Waals surface area contributed by atoms with Gasteiger partial charge in [-0.25, -0.2) is 0 Å². The van der Waals surface area contributed by atoms with E-state index in [0.29, 0.717) is 0 Å². The summed E-state index contributed by atoms with van der Waals surface area (Å²) in [7, 11) is -3.48. The van der Waals surface area contributed by atoms with Gasteiger partial charge in [0.15, 0.2) is 0 Å². The van der Waals surface area contributed by atoms with Gasteiger partial charge in [-0.15, -0.1) is 0 Å². The molecule has 0 nitrogen and oxygen atoms in total. The summed E-state index contributed by atoms with van der Waals surface area (Å²) in [4.78, 5) is 0. The Labute approximate surface area is 303 Å². The van der Waals surface area contributed by atoms with Gasteiger partial charge in [-0.3, -0.25) is 0 Å². The monoisotopic (exact) mass is 782 g/mol. The van der Waals surface area contributed by atoms with Crippen LogP contribution in [0.1, 0.15) is 96.5 Å². The van der Waals surface area contributed by atoms with Gasteiger partial charge in [0.1, 0.15) is 0 Å². The Morgan fingerprint density at radius 1 is 0.458 bits per heavy atom. The molecular weight excluding hydrogens is 714 g/mol. The summed E-state index contributed by atoms with van der Waals surface area (Å²) in [5.41, 5.74) is 7.96. The zero-order chi connectivity index (χ0) is 34.6. The molecule has 3 aromatic rings. The Bertz CT molecular complexity index is 1390. The van der Waals surface area contributed by atoms with Crippen molar-refractivity contribution in [3.63, 3.8) is 0 Å². The van der Waals surface area contributed by atoms with Crippen molar-refractivity contribution in [3.05, 3.63) is 108 Å². The van der Waals surface area contributed by atoms with Crippen molar-refractivity contribution in [1.82, 2.24) is 0 Å². The van der Waals surface area contributed by atoms with Crippen molar-refractivity contribution in [1.29, 1.82) is 0 Å². The number of hydrogen-bond acceptors (Lipinski definition) is 0. The van der Waals surface area contributed by atoms with Crippen LogP contribution < -0.4 is 10.9 Å². The molecule has 1 heterocycles. The van der Waals surface area contributed by atoms with Crippen LogP contribution in [0.15, 0.2) is 103 Å². The fourth-order valence-corrected chi connectivity index (χ4v) is 58.1. The molecule has 258 valence electrons. The first-order valence-electron chi connectivity index (χ1n) is 19.7. The number of benzene rings is 3. The molecule has 0 saturated carbocycles. The summed E-state index contributed by atoms with van der Waals surface area (Å²) in [6.07, 6.45) is 16.8. The third-order valence-corrected chi connectivity index (χ3v) is 47.4. The molecule has 48 heavy (non-hydrogen) atoms. The molecule has 1 aliphatic rings. The molecule has 0 radical (unpaired) electrons. The molecule has 0 amide bonds. The van der Waals surface area contributed by atoms with E-state index >= 15 is 0 Å². The van der Waals surface area contributed by atoms with Gasteiger partial charge in [-0.1, -0.05) is 0 Å². The topological polar surface area (TPSA) is 0 Å². The van der Waals surface area contributed by atoms with Crippen LogP contribution in [0.3, 0.4) is 0 Å². The van der Waals surface area contributed by atoms with E-state index < -0.39 is 34.5 Å². The Kier molecular flexibility index (Phi) is 15.2. The average molecular weight is 782 g/mol. The van der Waals surface area contributed by atoms with E-state index in [0.717, 1.165) is 0 Å². The molecule has 3 aromatic carbocycles. The number of unbranched alkanes of at least 4 members (excludes halogenated alkanes) is 10. The predicted molar refractivity (Wildman–Crippen MR) is 227 cm³/mol. The third-order valence-electron chi connectivity index (χ3n) is 10.8. The average Bonchev–Trinajstić information content (AvgIpc) is 3.37. The number of allylic oxidation sites excluding steroid dienone is 2. The van der Waals surface area contributed by atoms with Crippen molar-refractivity contribution in [3.8, 4) is 0 Å². The summed E-state index contributed by atoms with van der Waals surface area (Å²) >= 11 is -3.19. The molecule has 0 unspecified atom stereocenters. The van der Waals surface area contributed by atoms with Crippen molar-refractivity contribution < 1.29 is 0 Å². The Hall–Kier alpha value is -1.56. The van der Waals surface area contributed by atoms with Gasteiger partial charge in [0.05, 0.1) is 0 Å². The molecular formula is C44H67BSi2Sn. The van der Waals surface area contributed by atoms with Crippen molar-refractivity contribution in [2.24, 2.45) is 0 Å². The zero-order valence-corrected chi connectivity index (χ0v) is 37.0. The molecule has 0 atom stereocenters. The van der Waals surface area contributed by atoms with E-state index in [1.165, 1.54) is 102 Å². The summed E-state index contributed by atoms with van der Waals surface area (Å²) in [5, 5.41) is 0. The molecule has 0 spiro atoms. The van der Waals surface area contributed by atoms with Crippen LogP contribution in [0.4, 0.5) is 0 Å². The first-order valence-corrected chi connectivity index (χ1v) is 33.6. The summed E-state index contributed by atoms with van der Waals surface area (Å²) in [6, 6.07) is 35.1. The fraction of sp³-hybridized carbons (Fsp3) is 0.500. The van der Waals surface area contributed by atoms with Crippen molar-refractivity contribution >= 4 is 57.7 Å².